The number of carboxylic acids is 1. The smallest absolute Gasteiger partial charge is 0.433 e. The highest BCUT2D eigenvalue weighted by atomic mass is 19.4. The van der Waals surface area contributed by atoms with E-state index in [4.69, 9.17) is 5.11 Å². The molecule has 0 radical (unpaired) electrons. The summed E-state index contributed by atoms with van der Waals surface area (Å²) < 4.78 is 42.5. The van der Waals surface area contributed by atoms with Crippen molar-refractivity contribution in [2.75, 3.05) is 7.11 Å². The van der Waals surface area contributed by atoms with Crippen molar-refractivity contribution in [3.05, 3.63) is 87.2 Å². The van der Waals surface area contributed by atoms with Gasteiger partial charge in [-0.05, 0) is 37.3 Å². The van der Waals surface area contributed by atoms with Gasteiger partial charge in [-0.3, -0.25) is 15.1 Å². The van der Waals surface area contributed by atoms with Gasteiger partial charge in [0, 0.05) is 22.5 Å². The van der Waals surface area contributed by atoms with Gasteiger partial charge in [-0.15, -0.1) is 0 Å². The van der Waals surface area contributed by atoms with E-state index in [-0.39, 0.29) is 22.0 Å². The molecule has 0 bridgehead atoms. The number of aromatic nitrogens is 2. The molecule has 0 saturated heterocycles. The van der Waals surface area contributed by atoms with E-state index >= 15 is 0 Å². The molecule has 1 N–H and O–H groups in total. The van der Waals surface area contributed by atoms with Crippen LogP contribution in [0.1, 0.15) is 32.0 Å². The largest absolute Gasteiger partial charge is 0.478 e. The Kier molecular flexibility index (Phi) is 6.94. The Bertz CT molecular complexity index is 1470. The van der Waals surface area contributed by atoms with Crippen molar-refractivity contribution < 1.29 is 37.5 Å². The maximum absolute atomic E-state index is 12.7. The lowest BCUT2D eigenvalue weighted by molar-refractivity contribution is -0.385. The van der Waals surface area contributed by atoms with E-state index in [1.165, 1.54) is 6.92 Å². The standard InChI is InChI=1S/C13H9F3N2O4.C10H7NO2/c1-6-7-3-4-10(13(14,15)16)17-9(7)5-8(12(19)22-2)11(6)18(20)21;12-10(13)8-4-3-7-2-1-5-11-9(7)6-8/h3-5H,1-2H3;1-6H,(H,12,13). The van der Waals surface area contributed by atoms with Crippen LogP contribution in [0.25, 0.3) is 21.8 Å². The van der Waals surface area contributed by atoms with E-state index in [9.17, 15) is 32.9 Å². The monoisotopic (exact) mass is 487 g/mol. The average Bonchev–Trinajstić information content (AvgIpc) is 2.82. The second kappa shape index (κ2) is 9.71. The Morgan fingerprint density at radius 1 is 1.09 bits per heavy atom. The highest BCUT2D eigenvalue weighted by Crippen LogP contribution is 2.34. The van der Waals surface area contributed by atoms with Crippen LogP contribution in [0.2, 0.25) is 0 Å². The molecule has 0 aliphatic carbocycles. The molecular formula is C23H16F3N3O6. The van der Waals surface area contributed by atoms with Gasteiger partial charge in [0.15, 0.2) is 0 Å². The van der Waals surface area contributed by atoms with Gasteiger partial charge in [0.1, 0.15) is 11.3 Å². The molecule has 4 aromatic rings. The number of benzene rings is 2. The number of halogens is 3. The highest BCUT2D eigenvalue weighted by Gasteiger charge is 2.33. The Balaban J connectivity index is 0.000000223. The molecule has 0 fully saturated rings. The maximum atomic E-state index is 12.7. The number of carboxylic acid groups (broad SMARTS) is 1. The van der Waals surface area contributed by atoms with Crippen LogP contribution in [0.5, 0.6) is 0 Å². The number of nitrogens with zero attached hydrogens (tertiary/aromatic N) is 3. The highest BCUT2D eigenvalue weighted by molar-refractivity contribution is 6.01. The lowest BCUT2D eigenvalue weighted by Gasteiger charge is -2.10. The number of nitro groups is 1. The van der Waals surface area contributed by atoms with Crippen molar-refractivity contribution in [2.24, 2.45) is 0 Å². The SMILES string of the molecule is COC(=O)c1cc2nc(C(F)(F)F)ccc2c(C)c1[N+](=O)[O-].O=C(O)c1ccc2cccnc2c1. The van der Waals surface area contributed by atoms with Gasteiger partial charge in [0.2, 0.25) is 0 Å². The molecule has 9 nitrogen and oxygen atoms in total. The number of nitro benzene ring substituents is 1. The van der Waals surface area contributed by atoms with Crippen LogP contribution >= 0.6 is 0 Å². The lowest BCUT2D eigenvalue weighted by atomic mass is 10.0. The summed E-state index contributed by atoms with van der Waals surface area (Å²) in [6.07, 6.45) is -3.01. The van der Waals surface area contributed by atoms with E-state index in [1.54, 1.807) is 24.4 Å². The number of hydrogen-bond donors (Lipinski definition) is 1. The lowest BCUT2D eigenvalue weighted by Crippen LogP contribution is -2.10. The number of carbonyl (C=O) groups excluding carboxylic acids is 1. The zero-order valence-electron chi connectivity index (χ0n) is 18.2. The average molecular weight is 487 g/mol. The molecule has 0 aliphatic heterocycles. The fourth-order valence-electron chi connectivity index (χ4n) is 3.29. The third-order valence-electron chi connectivity index (χ3n) is 4.95. The van der Waals surface area contributed by atoms with Crippen LogP contribution in [-0.4, -0.2) is 39.0 Å². The van der Waals surface area contributed by atoms with E-state index < -0.39 is 40.0 Å². The molecule has 2 heterocycles. The van der Waals surface area contributed by atoms with Gasteiger partial charge >= 0.3 is 18.1 Å². The number of esters is 1. The van der Waals surface area contributed by atoms with Gasteiger partial charge in [0.25, 0.3) is 5.69 Å². The first kappa shape index (κ1) is 25.0. The molecule has 2 aromatic heterocycles. The molecular weight excluding hydrogens is 471 g/mol. The van der Waals surface area contributed by atoms with Crippen LogP contribution in [0.15, 0.2) is 54.7 Å². The third-order valence-corrected chi connectivity index (χ3v) is 4.95. The molecule has 0 saturated carbocycles. The van der Waals surface area contributed by atoms with Crippen LogP contribution in [0.3, 0.4) is 0 Å². The number of alkyl halides is 3. The minimum Gasteiger partial charge on any atom is -0.478 e. The van der Waals surface area contributed by atoms with Gasteiger partial charge in [0.05, 0.1) is 28.6 Å². The van der Waals surface area contributed by atoms with Crippen LogP contribution in [0.4, 0.5) is 18.9 Å². The molecule has 0 unspecified atom stereocenters. The van der Waals surface area contributed by atoms with Crippen molar-refractivity contribution in [2.45, 2.75) is 13.1 Å². The predicted molar refractivity (Wildman–Crippen MR) is 118 cm³/mol. The summed E-state index contributed by atoms with van der Waals surface area (Å²) in [5, 5.41) is 21.0. The van der Waals surface area contributed by atoms with E-state index in [2.05, 4.69) is 14.7 Å². The Morgan fingerprint density at radius 3 is 2.40 bits per heavy atom. The Hall–Kier alpha value is -4.61. The fraction of sp³-hybridized carbons (Fsp3) is 0.130. The normalized spacial score (nSPS) is 11.0. The van der Waals surface area contributed by atoms with Gasteiger partial charge in [-0.1, -0.05) is 18.2 Å². The number of aryl methyl sites for hydroxylation is 1. The summed E-state index contributed by atoms with van der Waals surface area (Å²) in [6, 6.07) is 11.4. The number of fused-ring (bicyclic) bond motifs is 2. The molecule has 180 valence electrons. The first-order valence-corrected chi connectivity index (χ1v) is 9.76. The summed E-state index contributed by atoms with van der Waals surface area (Å²) >= 11 is 0. The van der Waals surface area contributed by atoms with Crippen molar-refractivity contribution in [1.82, 2.24) is 9.97 Å². The first-order chi connectivity index (χ1) is 16.4. The zero-order chi connectivity index (χ0) is 25.9. The Morgan fingerprint density at radius 2 is 1.80 bits per heavy atom. The number of methoxy groups -OCH3 is 1. The quantitative estimate of drug-likeness (QED) is 0.237. The molecule has 0 spiro atoms. The molecule has 35 heavy (non-hydrogen) atoms. The van der Waals surface area contributed by atoms with Crippen molar-refractivity contribution in [1.29, 1.82) is 0 Å². The minimum atomic E-state index is -4.66. The second-order valence-corrected chi connectivity index (χ2v) is 7.12. The van der Waals surface area contributed by atoms with Gasteiger partial charge in [-0.2, -0.15) is 13.2 Å². The molecule has 4 rings (SSSR count). The van der Waals surface area contributed by atoms with Crippen molar-refractivity contribution in [3.8, 4) is 0 Å². The van der Waals surface area contributed by atoms with Crippen LogP contribution in [0, 0.1) is 17.0 Å². The van der Waals surface area contributed by atoms with Gasteiger partial charge in [-0.25, -0.2) is 14.6 Å². The molecule has 0 amide bonds. The maximum Gasteiger partial charge on any atom is 0.433 e. The molecule has 12 heteroatoms. The topological polar surface area (TPSA) is 133 Å². The third kappa shape index (κ3) is 5.32. The summed E-state index contributed by atoms with van der Waals surface area (Å²) in [4.78, 5) is 40.1. The van der Waals surface area contributed by atoms with Crippen LogP contribution < -0.4 is 0 Å². The summed E-state index contributed by atoms with van der Waals surface area (Å²) in [5.41, 5.74) is -1.25. The first-order valence-electron chi connectivity index (χ1n) is 9.76. The fourth-order valence-corrected chi connectivity index (χ4v) is 3.29. The Labute approximate surface area is 195 Å². The number of aromatic carboxylic acids is 1. The number of rotatable bonds is 3. The minimum absolute atomic E-state index is 0.0455. The number of pyridine rings is 2. The summed E-state index contributed by atoms with van der Waals surface area (Å²) in [5.74, 6) is -1.94. The number of ether oxygens (including phenoxy) is 1. The van der Waals surface area contributed by atoms with E-state index in [0.29, 0.717) is 5.52 Å². The summed E-state index contributed by atoms with van der Waals surface area (Å²) in [7, 11) is 1.02. The van der Waals surface area contributed by atoms with Gasteiger partial charge < -0.3 is 9.84 Å². The molecule has 0 atom stereocenters. The number of carbonyl (C=O) groups is 2. The van der Waals surface area contributed by atoms with Crippen LogP contribution in [-0.2, 0) is 10.9 Å². The van der Waals surface area contributed by atoms with Crippen molar-refractivity contribution in [3.63, 3.8) is 0 Å². The molecule has 2 aromatic carbocycles. The van der Waals surface area contributed by atoms with E-state index in [1.807, 2.05) is 12.1 Å². The summed E-state index contributed by atoms with van der Waals surface area (Å²) in [6.45, 7) is 1.34. The predicted octanol–water partition coefficient (Wildman–Crippen LogP) is 5.19. The van der Waals surface area contributed by atoms with E-state index in [0.717, 1.165) is 30.7 Å². The van der Waals surface area contributed by atoms with Crippen molar-refractivity contribution >= 4 is 39.4 Å². The zero-order valence-corrected chi connectivity index (χ0v) is 18.2. The molecule has 0 aliphatic rings. The second-order valence-electron chi connectivity index (χ2n) is 7.12. The number of hydrogen-bond acceptors (Lipinski definition) is 7.